The minimum absolute atomic E-state index is 0.149. The summed E-state index contributed by atoms with van der Waals surface area (Å²) in [6, 6.07) is 11.2. The van der Waals surface area contributed by atoms with Gasteiger partial charge in [0, 0.05) is 12.6 Å². The largest absolute Gasteiger partial charge is 0.453 e. The number of sulfonamides is 1. The number of Topliss-reactive ketones (excluding diaryl/α,β-unsaturated/α-hetero) is 1. The van der Waals surface area contributed by atoms with E-state index >= 15 is 0 Å². The van der Waals surface area contributed by atoms with Crippen LogP contribution in [-0.2, 0) is 26.0 Å². The maximum Gasteiger partial charge on any atom is 0.322 e. The van der Waals surface area contributed by atoms with Crippen molar-refractivity contribution in [1.82, 2.24) is 4.31 Å². The van der Waals surface area contributed by atoms with E-state index in [0.29, 0.717) is 5.56 Å². The number of carbonyl (C=O) groups excluding carboxylic acids is 2. The van der Waals surface area contributed by atoms with Gasteiger partial charge in [0.15, 0.2) is 6.10 Å². The summed E-state index contributed by atoms with van der Waals surface area (Å²) in [6.45, 7) is 2.85. The van der Waals surface area contributed by atoms with Crippen LogP contribution in [0.1, 0.15) is 29.8 Å². The van der Waals surface area contributed by atoms with Gasteiger partial charge in [-0.05, 0) is 43.2 Å². The molecule has 0 N–H and O–H groups in total. The third-order valence-corrected chi connectivity index (χ3v) is 6.02. The van der Waals surface area contributed by atoms with E-state index in [0.717, 1.165) is 40.6 Å². The predicted molar refractivity (Wildman–Crippen MR) is 102 cm³/mol. The van der Waals surface area contributed by atoms with Gasteiger partial charge in [0.05, 0.1) is 4.90 Å². The third kappa shape index (κ3) is 5.24. The van der Waals surface area contributed by atoms with E-state index in [1.807, 2.05) is 19.1 Å². The van der Waals surface area contributed by atoms with Crippen LogP contribution in [0.2, 0.25) is 0 Å². The standard InChI is InChI=1S/C20H22FNO5S/c1-4-15-5-7-16(8-6-15)20(24)14(2)27-19(23)13-22(3)28(25,26)18-11-9-17(21)10-12-18/h5-12,14H,4,13H2,1-3H3. The molecule has 0 aromatic heterocycles. The number of ketones is 1. The van der Waals surface area contributed by atoms with Crippen LogP contribution in [0.4, 0.5) is 4.39 Å². The van der Waals surface area contributed by atoms with Crippen molar-refractivity contribution in [2.24, 2.45) is 0 Å². The number of ether oxygens (including phenoxy) is 1. The number of rotatable bonds is 8. The van der Waals surface area contributed by atoms with Gasteiger partial charge in [0.25, 0.3) is 0 Å². The lowest BCUT2D eigenvalue weighted by Crippen LogP contribution is -2.35. The highest BCUT2D eigenvalue weighted by molar-refractivity contribution is 7.89. The first-order chi connectivity index (χ1) is 13.1. The summed E-state index contributed by atoms with van der Waals surface area (Å²) in [5, 5.41) is 0. The number of halogens is 1. The zero-order valence-corrected chi connectivity index (χ0v) is 16.7. The molecule has 0 heterocycles. The molecule has 0 amide bonds. The van der Waals surface area contributed by atoms with Crippen molar-refractivity contribution in [3.8, 4) is 0 Å². The van der Waals surface area contributed by atoms with Crippen LogP contribution in [0.5, 0.6) is 0 Å². The Kier molecular flexibility index (Phi) is 7.04. The molecule has 150 valence electrons. The highest BCUT2D eigenvalue weighted by Crippen LogP contribution is 2.15. The van der Waals surface area contributed by atoms with Gasteiger partial charge >= 0.3 is 5.97 Å². The molecule has 2 aromatic rings. The predicted octanol–water partition coefficient (Wildman–Crippen LogP) is 2.82. The van der Waals surface area contributed by atoms with Gasteiger partial charge in [0.2, 0.25) is 15.8 Å². The molecule has 0 bridgehead atoms. The summed E-state index contributed by atoms with van der Waals surface area (Å²) < 4.78 is 43.7. The summed E-state index contributed by atoms with van der Waals surface area (Å²) in [5.41, 5.74) is 1.48. The summed E-state index contributed by atoms with van der Waals surface area (Å²) in [6.07, 6.45) is -0.213. The van der Waals surface area contributed by atoms with E-state index in [2.05, 4.69) is 0 Å². The molecule has 0 aliphatic heterocycles. The zero-order valence-electron chi connectivity index (χ0n) is 15.9. The summed E-state index contributed by atoms with van der Waals surface area (Å²) in [4.78, 5) is 24.3. The SMILES string of the molecule is CCc1ccc(C(=O)C(C)OC(=O)CN(C)S(=O)(=O)c2ccc(F)cc2)cc1. The number of hydrogen-bond acceptors (Lipinski definition) is 5. The summed E-state index contributed by atoms with van der Waals surface area (Å²) in [5.74, 6) is -1.81. The molecule has 1 unspecified atom stereocenters. The maximum absolute atomic E-state index is 13.0. The van der Waals surface area contributed by atoms with Crippen LogP contribution in [0.25, 0.3) is 0 Å². The molecule has 1 atom stereocenters. The first-order valence-corrected chi connectivity index (χ1v) is 10.1. The minimum Gasteiger partial charge on any atom is -0.453 e. The van der Waals surface area contributed by atoms with Crippen molar-refractivity contribution in [3.63, 3.8) is 0 Å². The van der Waals surface area contributed by atoms with Gasteiger partial charge < -0.3 is 4.74 Å². The zero-order chi connectivity index (χ0) is 20.9. The molecule has 0 saturated carbocycles. The second-order valence-corrected chi connectivity index (χ2v) is 8.31. The lowest BCUT2D eigenvalue weighted by molar-refractivity contribution is -0.146. The van der Waals surface area contributed by atoms with Crippen molar-refractivity contribution in [1.29, 1.82) is 0 Å². The monoisotopic (exact) mass is 407 g/mol. The summed E-state index contributed by atoms with van der Waals surface area (Å²) >= 11 is 0. The number of likely N-dealkylation sites (N-methyl/N-ethyl adjacent to an activating group) is 1. The van der Waals surface area contributed by atoms with Crippen molar-refractivity contribution in [3.05, 3.63) is 65.5 Å². The van der Waals surface area contributed by atoms with E-state index in [1.54, 1.807) is 12.1 Å². The van der Waals surface area contributed by atoms with Crippen LogP contribution >= 0.6 is 0 Å². The number of nitrogens with zero attached hydrogens (tertiary/aromatic N) is 1. The molecular weight excluding hydrogens is 385 g/mol. The van der Waals surface area contributed by atoms with Crippen molar-refractivity contribution < 1.29 is 27.1 Å². The fourth-order valence-corrected chi connectivity index (χ4v) is 3.60. The molecule has 0 aliphatic carbocycles. The third-order valence-electron chi connectivity index (χ3n) is 4.20. The van der Waals surface area contributed by atoms with Crippen LogP contribution < -0.4 is 0 Å². The normalized spacial score (nSPS) is 12.6. The topological polar surface area (TPSA) is 80.8 Å². The Hall–Kier alpha value is -2.58. The van der Waals surface area contributed by atoms with E-state index < -0.39 is 34.5 Å². The van der Waals surface area contributed by atoms with Crippen LogP contribution in [0.15, 0.2) is 53.4 Å². The molecule has 2 rings (SSSR count). The second kappa shape index (κ2) is 9.07. The van der Waals surface area contributed by atoms with E-state index in [4.69, 9.17) is 4.74 Å². The first kappa shape index (κ1) is 21.7. The Morgan fingerprint density at radius 1 is 1.07 bits per heavy atom. The number of esters is 1. The van der Waals surface area contributed by atoms with Gasteiger partial charge in [-0.25, -0.2) is 12.8 Å². The lowest BCUT2D eigenvalue weighted by Gasteiger charge is -2.18. The molecule has 0 spiro atoms. The van der Waals surface area contributed by atoms with Gasteiger partial charge in [-0.2, -0.15) is 4.31 Å². The highest BCUT2D eigenvalue weighted by atomic mass is 32.2. The van der Waals surface area contributed by atoms with Crippen LogP contribution in [0.3, 0.4) is 0 Å². The average Bonchev–Trinajstić information content (AvgIpc) is 2.67. The maximum atomic E-state index is 13.0. The Bertz CT molecular complexity index is 940. The smallest absolute Gasteiger partial charge is 0.322 e. The molecule has 0 fully saturated rings. The van der Waals surface area contributed by atoms with Gasteiger partial charge in [0.1, 0.15) is 12.4 Å². The van der Waals surface area contributed by atoms with Crippen LogP contribution in [0, 0.1) is 5.82 Å². The first-order valence-electron chi connectivity index (χ1n) is 8.69. The lowest BCUT2D eigenvalue weighted by atomic mass is 10.0. The van der Waals surface area contributed by atoms with Crippen molar-refractivity contribution in [2.45, 2.75) is 31.3 Å². The molecule has 8 heteroatoms. The van der Waals surface area contributed by atoms with Gasteiger partial charge in [-0.15, -0.1) is 0 Å². The number of hydrogen-bond donors (Lipinski definition) is 0. The van der Waals surface area contributed by atoms with Crippen molar-refractivity contribution in [2.75, 3.05) is 13.6 Å². The van der Waals surface area contributed by atoms with Crippen LogP contribution in [-0.4, -0.2) is 44.2 Å². The van der Waals surface area contributed by atoms with Gasteiger partial charge in [-0.3, -0.25) is 9.59 Å². The number of carbonyl (C=O) groups is 2. The number of benzene rings is 2. The summed E-state index contributed by atoms with van der Waals surface area (Å²) in [7, 11) is -2.78. The highest BCUT2D eigenvalue weighted by Gasteiger charge is 2.26. The second-order valence-electron chi connectivity index (χ2n) is 6.26. The molecule has 0 radical (unpaired) electrons. The molecular formula is C20H22FNO5S. The minimum atomic E-state index is -3.99. The molecule has 2 aromatic carbocycles. The molecule has 28 heavy (non-hydrogen) atoms. The Balaban J connectivity index is 1.99. The van der Waals surface area contributed by atoms with E-state index in [9.17, 15) is 22.4 Å². The molecule has 0 saturated heterocycles. The van der Waals surface area contributed by atoms with Crippen molar-refractivity contribution >= 4 is 21.8 Å². The quantitative estimate of drug-likeness (QED) is 0.497. The van der Waals surface area contributed by atoms with E-state index in [-0.39, 0.29) is 10.7 Å². The average molecular weight is 407 g/mol. The Morgan fingerprint density at radius 2 is 1.64 bits per heavy atom. The Morgan fingerprint density at radius 3 is 2.18 bits per heavy atom. The number of aryl methyl sites for hydroxylation is 1. The fraction of sp³-hybridized carbons (Fsp3) is 0.300. The Labute approximate surface area is 164 Å². The van der Waals surface area contributed by atoms with E-state index in [1.165, 1.54) is 14.0 Å². The van der Waals surface area contributed by atoms with Gasteiger partial charge in [-0.1, -0.05) is 31.2 Å². The molecule has 0 aliphatic rings. The fourth-order valence-electron chi connectivity index (χ4n) is 2.48. The molecule has 6 nitrogen and oxygen atoms in total.